The fourth-order valence-electron chi connectivity index (χ4n) is 4.11. The summed E-state index contributed by atoms with van der Waals surface area (Å²) in [5.74, 6) is 1.85. The lowest BCUT2D eigenvalue weighted by Gasteiger charge is -2.33. The summed E-state index contributed by atoms with van der Waals surface area (Å²) < 4.78 is 52.6. The van der Waals surface area contributed by atoms with Crippen LogP contribution in [-0.2, 0) is 12.7 Å². The molecule has 0 aliphatic carbocycles. The summed E-state index contributed by atoms with van der Waals surface area (Å²) in [5, 5.41) is 3.67. The van der Waals surface area contributed by atoms with E-state index in [0.29, 0.717) is 39.7 Å². The number of anilines is 2. The number of aromatic nitrogens is 2. The van der Waals surface area contributed by atoms with Gasteiger partial charge in [-0.25, -0.2) is 9.97 Å². The van der Waals surface area contributed by atoms with Crippen molar-refractivity contribution in [3.63, 3.8) is 0 Å². The Morgan fingerprint density at radius 1 is 0.971 bits per heavy atom. The molecule has 4 rings (SSSR count). The Bertz CT molecular complexity index is 1180. The van der Waals surface area contributed by atoms with Crippen LogP contribution in [0.1, 0.15) is 17.0 Å². The van der Waals surface area contributed by atoms with Crippen molar-refractivity contribution in [3.05, 3.63) is 47.3 Å². The zero-order valence-electron chi connectivity index (χ0n) is 19.7. The number of halogens is 3. The molecule has 0 spiro atoms. The molecule has 0 saturated carbocycles. The van der Waals surface area contributed by atoms with E-state index in [1.165, 1.54) is 14.2 Å². The topological polar surface area (TPSA) is 62.8 Å². The molecule has 2 heterocycles. The van der Waals surface area contributed by atoms with E-state index in [-0.39, 0.29) is 12.1 Å². The number of hydrogen-bond acceptors (Lipinski definition) is 7. The SMILES string of the molecule is COc1cc2nc(C)nc(Nc3ccc(CN4CCN(C)CC4)c(C(F)(F)F)c3)c2cc1OC. The highest BCUT2D eigenvalue weighted by molar-refractivity contribution is 5.93. The smallest absolute Gasteiger partial charge is 0.416 e. The zero-order valence-corrected chi connectivity index (χ0v) is 19.7. The van der Waals surface area contributed by atoms with Gasteiger partial charge in [0.2, 0.25) is 0 Å². The minimum atomic E-state index is -4.47. The molecule has 34 heavy (non-hydrogen) atoms. The molecule has 0 atom stereocenters. The second-order valence-corrected chi connectivity index (χ2v) is 8.42. The predicted octanol–water partition coefficient (Wildman–Crippen LogP) is 4.47. The highest BCUT2D eigenvalue weighted by Gasteiger charge is 2.34. The molecule has 1 aliphatic rings. The van der Waals surface area contributed by atoms with Crippen LogP contribution in [0.25, 0.3) is 10.9 Å². The monoisotopic (exact) mass is 475 g/mol. The van der Waals surface area contributed by atoms with Crippen LogP contribution in [0.15, 0.2) is 30.3 Å². The molecule has 10 heteroatoms. The lowest BCUT2D eigenvalue weighted by atomic mass is 10.0. The molecule has 0 amide bonds. The number of ether oxygens (including phenoxy) is 2. The van der Waals surface area contributed by atoms with Crippen LogP contribution in [0.4, 0.5) is 24.7 Å². The maximum atomic E-state index is 14.0. The molecule has 7 nitrogen and oxygen atoms in total. The largest absolute Gasteiger partial charge is 0.493 e. The van der Waals surface area contributed by atoms with E-state index in [1.54, 1.807) is 31.2 Å². The molecule has 1 saturated heterocycles. The Morgan fingerprint density at radius 2 is 1.65 bits per heavy atom. The van der Waals surface area contributed by atoms with Crippen LogP contribution in [-0.4, -0.2) is 67.2 Å². The van der Waals surface area contributed by atoms with Gasteiger partial charge >= 0.3 is 6.18 Å². The summed E-state index contributed by atoms with van der Waals surface area (Å²) >= 11 is 0. The number of nitrogens with one attached hydrogen (secondary N) is 1. The lowest BCUT2D eigenvalue weighted by molar-refractivity contribution is -0.138. The van der Waals surface area contributed by atoms with Gasteiger partial charge in [-0.05, 0) is 37.7 Å². The number of methoxy groups -OCH3 is 2. The number of rotatable bonds is 6. The Morgan fingerprint density at radius 3 is 2.29 bits per heavy atom. The Labute approximate surface area is 196 Å². The Balaban J connectivity index is 1.69. The molecule has 3 aromatic rings. The second-order valence-electron chi connectivity index (χ2n) is 8.42. The number of alkyl halides is 3. The van der Waals surface area contributed by atoms with Crippen molar-refractivity contribution in [2.24, 2.45) is 0 Å². The maximum Gasteiger partial charge on any atom is 0.416 e. The molecule has 1 aromatic heterocycles. The first-order chi connectivity index (χ1) is 16.2. The number of fused-ring (bicyclic) bond motifs is 1. The third-order valence-electron chi connectivity index (χ3n) is 5.98. The van der Waals surface area contributed by atoms with Crippen LogP contribution in [0.3, 0.4) is 0 Å². The highest BCUT2D eigenvalue weighted by atomic mass is 19.4. The number of piperazine rings is 1. The molecule has 2 aromatic carbocycles. The molecule has 182 valence electrons. The van der Waals surface area contributed by atoms with Gasteiger partial charge in [0.05, 0.1) is 25.3 Å². The molecular formula is C24H28F3N5O2. The van der Waals surface area contributed by atoms with E-state index in [2.05, 4.69) is 25.1 Å². The highest BCUT2D eigenvalue weighted by Crippen LogP contribution is 2.37. The van der Waals surface area contributed by atoms with Gasteiger partial charge in [-0.1, -0.05) is 6.07 Å². The average Bonchev–Trinajstić information content (AvgIpc) is 2.80. The molecule has 0 unspecified atom stereocenters. The van der Waals surface area contributed by atoms with Crippen molar-refractivity contribution in [1.29, 1.82) is 0 Å². The van der Waals surface area contributed by atoms with Crippen molar-refractivity contribution >= 4 is 22.4 Å². The number of likely N-dealkylation sites (N-methyl/N-ethyl adjacent to an activating group) is 1. The number of nitrogens with zero attached hydrogens (tertiary/aromatic N) is 4. The number of benzene rings is 2. The van der Waals surface area contributed by atoms with Crippen LogP contribution < -0.4 is 14.8 Å². The normalized spacial score (nSPS) is 15.5. The van der Waals surface area contributed by atoms with Crippen LogP contribution in [0.2, 0.25) is 0 Å². The third-order valence-corrected chi connectivity index (χ3v) is 5.98. The van der Waals surface area contributed by atoms with E-state index in [4.69, 9.17) is 9.47 Å². The fraction of sp³-hybridized carbons (Fsp3) is 0.417. The van der Waals surface area contributed by atoms with Crippen molar-refractivity contribution in [1.82, 2.24) is 19.8 Å². The van der Waals surface area contributed by atoms with Crippen LogP contribution in [0.5, 0.6) is 11.5 Å². The van der Waals surface area contributed by atoms with Crippen molar-refractivity contribution in [2.75, 3.05) is 52.8 Å². The molecule has 1 aliphatic heterocycles. The second kappa shape index (κ2) is 9.63. The summed E-state index contributed by atoms with van der Waals surface area (Å²) in [7, 11) is 5.06. The molecular weight excluding hydrogens is 447 g/mol. The predicted molar refractivity (Wildman–Crippen MR) is 125 cm³/mol. The summed E-state index contributed by atoms with van der Waals surface area (Å²) in [6, 6.07) is 7.78. The van der Waals surface area contributed by atoms with Gasteiger partial charge < -0.3 is 19.7 Å². The first-order valence-electron chi connectivity index (χ1n) is 11.0. The zero-order chi connectivity index (χ0) is 24.5. The van der Waals surface area contributed by atoms with E-state index in [9.17, 15) is 13.2 Å². The van der Waals surface area contributed by atoms with E-state index in [0.717, 1.165) is 32.2 Å². The number of aryl methyl sites for hydroxylation is 1. The first kappa shape index (κ1) is 24.0. The van der Waals surface area contributed by atoms with E-state index >= 15 is 0 Å². The van der Waals surface area contributed by atoms with Crippen LogP contribution >= 0.6 is 0 Å². The summed E-state index contributed by atoms with van der Waals surface area (Å²) in [6.07, 6.45) is -4.47. The van der Waals surface area contributed by atoms with Gasteiger partial charge in [0.25, 0.3) is 0 Å². The molecule has 0 bridgehead atoms. The Hall–Kier alpha value is -3.11. The standard InChI is InChI=1S/C24H28F3N5O2/c1-15-28-20-13-22(34-4)21(33-3)12-18(20)23(29-15)30-17-6-5-16(19(11-17)24(25,26)27)14-32-9-7-31(2)8-10-32/h5-6,11-13H,7-10,14H2,1-4H3,(H,28,29,30). The van der Waals surface area contributed by atoms with Crippen molar-refractivity contribution < 1.29 is 22.6 Å². The van der Waals surface area contributed by atoms with Crippen LogP contribution in [0, 0.1) is 6.92 Å². The van der Waals surface area contributed by atoms with Gasteiger partial charge in [-0.2, -0.15) is 13.2 Å². The van der Waals surface area contributed by atoms with Gasteiger partial charge in [0, 0.05) is 49.9 Å². The molecule has 0 radical (unpaired) electrons. The fourth-order valence-corrected chi connectivity index (χ4v) is 4.11. The van der Waals surface area contributed by atoms with Gasteiger partial charge in [0.1, 0.15) is 11.6 Å². The maximum absolute atomic E-state index is 14.0. The van der Waals surface area contributed by atoms with Gasteiger partial charge in [-0.15, -0.1) is 0 Å². The Kier molecular flexibility index (Phi) is 6.81. The summed E-state index contributed by atoms with van der Waals surface area (Å²) in [4.78, 5) is 13.1. The van der Waals surface area contributed by atoms with Crippen molar-refractivity contribution in [2.45, 2.75) is 19.6 Å². The number of hydrogen-bond donors (Lipinski definition) is 1. The van der Waals surface area contributed by atoms with Gasteiger partial charge in [0.15, 0.2) is 11.5 Å². The quantitative estimate of drug-likeness (QED) is 0.565. The first-order valence-corrected chi connectivity index (χ1v) is 11.0. The van der Waals surface area contributed by atoms with Gasteiger partial charge in [-0.3, -0.25) is 4.90 Å². The minimum Gasteiger partial charge on any atom is -0.493 e. The third kappa shape index (κ3) is 5.18. The summed E-state index contributed by atoms with van der Waals surface area (Å²) in [6.45, 7) is 5.15. The molecule has 1 fully saturated rings. The summed E-state index contributed by atoms with van der Waals surface area (Å²) in [5.41, 5.74) is 0.502. The lowest BCUT2D eigenvalue weighted by Crippen LogP contribution is -2.44. The van der Waals surface area contributed by atoms with E-state index < -0.39 is 11.7 Å². The van der Waals surface area contributed by atoms with E-state index in [1.807, 2.05) is 7.05 Å². The molecule has 1 N–H and O–H groups in total. The minimum absolute atomic E-state index is 0.259. The van der Waals surface area contributed by atoms with Crippen molar-refractivity contribution in [3.8, 4) is 11.5 Å². The average molecular weight is 476 g/mol.